The molecule has 6 nitrogen and oxygen atoms in total. The molecule has 0 radical (unpaired) electrons. The Balaban J connectivity index is 1.47. The minimum atomic E-state index is -0.510. The van der Waals surface area contributed by atoms with Crippen molar-refractivity contribution in [1.29, 1.82) is 0 Å². The maximum atomic E-state index is 12.4. The number of amides is 1. The van der Waals surface area contributed by atoms with Gasteiger partial charge in [-0.2, -0.15) is 5.10 Å². The molecule has 0 saturated heterocycles. The summed E-state index contributed by atoms with van der Waals surface area (Å²) in [5.74, 6) is 0.384. The highest BCUT2D eigenvalue weighted by molar-refractivity contribution is 6.35. The first-order valence-corrected chi connectivity index (χ1v) is 11.9. The summed E-state index contributed by atoms with van der Waals surface area (Å²) >= 11 is 24.6. The molecule has 0 aliphatic rings. The van der Waals surface area contributed by atoms with Gasteiger partial charge in [0, 0.05) is 26.0 Å². The molecule has 180 valence electrons. The number of benzene rings is 3. The van der Waals surface area contributed by atoms with Crippen LogP contribution in [-0.2, 0) is 6.61 Å². The first-order chi connectivity index (χ1) is 16.8. The molecule has 1 aromatic heterocycles. The van der Waals surface area contributed by atoms with Gasteiger partial charge in [-0.05, 0) is 61.0 Å². The van der Waals surface area contributed by atoms with Crippen LogP contribution in [-0.4, -0.2) is 18.7 Å². The average Bonchev–Trinajstić information content (AvgIpc) is 3.23. The van der Waals surface area contributed by atoms with Gasteiger partial charge in [0.05, 0.1) is 17.8 Å². The lowest BCUT2D eigenvalue weighted by molar-refractivity contribution is 0.0929. The predicted octanol–water partition coefficient (Wildman–Crippen LogP) is 7.79. The number of hydrogen-bond acceptors (Lipinski definition) is 5. The summed E-state index contributed by atoms with van der Waals surface area (Å²) in [6.07, 6.45) is 1.44. The molecule has 0 spiro atoms. The van der Waals surface area contributed by atoms with Gasteiger partial charge < -0.3 is 13.9 Å². The summed E-state index contributed by atoms with van der Waals surface area (Å²) in [6.45, 7) is 2.40. The number of halogens is 4. The van der Waals surface area contributed by atoms with Gasteiger partial charge in [0.1, 0.15) is 12.2 Å². The fourth-order valence-electron chi connectivity index (χ4n) is 3.20. The fourth-order valence-corrected chi connectivity index (χ4v) is 4.12. The third kappa shape index (κ3) is 6.21. The summed E-state index contributed by atoms with van der Waals surface area (Å²) in [5.41, 5.74) is 4.31. The Labute approximate surface area is 221 Å². The summed E-state index contributed by atoms with van der Waals surface area (Å²) in [6, 6.07) is 15.2. The van der Waals surface area contributed by atoms with E-state index in [1.54, 1.807) is 54.6 Å². The molecule has 35 heavy (non-hydrogen) atoms. The van der Waals surface area contributed by atoms with Gasteiger partial charge in [-0.3, -0.25) is 4.79 Å². The number of nitrogens with one attached hydrogen (secondary N) is 1. The van der Waals surface area contributed by atoms with Crippen LogP contribution in [0.15, 0.2) is 64.1 Å². The van der Waals surface area contributed by atoms with Gasteiger partial charge in [0.15, 0.2) is 17.3 Å². The number of fused-ring (bicyclic) bond motifs is 1. The number of furan rings is 1. The van der Waals surface area contributed by atoms with Gasteiger partial charge in [-0.25, -0.2) is 5.43 Å². The van der Waals surface area contributed by atoms with E-state index < -0.39 is 5.91 Å². The monoisotopic (exact) mass is 550 g/mol. The third-order valence-electron chi connectivity index (χ3n) is 4.80. The van der Waals surface area contributed by atoms with E-state index in [0.717, 1.165) is 10.9 Å². The molecule has 0 aliphatic carbocycles. The molecule has 0 unspecified atom stereocenters. The van der Waals surface area contributed by atoms with Crippen molar-refractivity contribution < 1.29 is 18.7 Å². The second-order valence-electron chi connectivity index (χ2n) is 7.28. The minimum absolute atomic E-state index is 0.108. The molecule has 4 rings (SSSR count). The molecule has 4 aromatic rings. The van der Waals surface area contributed by atoms with E-state index in [9.17, 15) is 4.79 Å². The van der Waals surface area contributed by atoms with Gasteiger partial charge in [0.2, 0.25) is 0 Å². The van der Waals surface area contributed by atoms with Crippen molar-refractivity contribution in [1.82, 2.24) is 5.43 Å². The van der Waals surface area contributed by atoms with Gasteiger partial charge in [-0.1, -0.05) is 52.5 Å². The standard InChI is InChI=1S/C25H18Cl4N2O4/c1-2-33-22-8-14(7-20(29)24(22)34-13-15-3-4-18(27)11-19(15)28)12-30-31-25(32)23-10-16-9-17(26)5-6-21(16)35-23/h3-12H,2,13H2,1H3,(H,31,32)/b30-12+. The van der Waals surface area contributed by atoms with Crippen molar-refractivity contribution in [3.8, 4) is 11.5 Å². The normalized spacial score (nSPS) is 11.2. The molecule has 0 aliphatic heterocycles. The summed E-state index contributed by atoms with van der Waals surface area (Å²) in [7, 11) is 0. The average molecular weight is 552 g/mol. The van der Waals surface area contributed by atoms with Crippen molar-refractivity contribution in [2.75, 3.05) is 6.61 Å². The molecular formula is C25H18Cl4N2O4. The van der Waals surface area contributed by atoms with Crippen LogP contribution < -0.4 is 14.9 Å². The number of hydrazone groups is 1. The van der Waals surface area contributed by atoms with E-state index >= 15 is 0 Å². The van der Waals surface area contributed by atoms with Crippen LogP contribution in [0, 0.1) is 0 Å². The zero-order chi connectivity index (χ0) is 24.9. The molecule has 0 saturated carbocycles. The first kappa shape index (κ1) is 25.2. The predicted molar refractivity (Wildman–Crippen MR) is 140 cm³/mol. The van der Waals surface area contributed by atoms with Crippen LogP contribution in [0.2, 0.25) is 20.1 Å². The van der Waals surface area contributed by atoms with Crippen LogP contribution in [0.25, 0.3) is 11.0 Å². The van der Waals surface area contributed by atoms with Crippen LogP contribution in [0.1, 0.15) is 28.6 Å². The lowest BCUT2D eigenvalue weighted by Gasteiger charge is -2.15. The Bertz CT molecular complexity index is 1420. The lowest BCUT2D eigenvalue weighted by atomic mass is 10.2. The van der Waals surface area contributed by atoms with E-state index in [0.29, 0.717) is 49.3 Å². The Morgan fingerprint density at radius 2 is 1.74 bits per heavy atom. The second kappa shape index (κ2) is 11.2. The van der Waals surface area contributed by atoms with Crippen LogP contribution in [0.3, 0.4) is 0 Å². The van der Waals surface area contributed by atoms with Crippen molar-refractivity contribution in [3.63, 3.8) is 0 Å². The largest absolute Gasteiger partial charge is 0.490 e. The zero-order valence-electron chi connectivity index (χ0n) is 18.3. The Kier molecular flexibility index (Phi) is 8.08. The highest BCUT2D eigenvalue weighted by atomic mass is 35.5. The molecule has 1 amide bonds. The summed E-state index contributed by atoms with van der Waals surface area (Å²) < 4.78 is 17.1. The summed E-state index contributed by atoms with van der Waals surface area (Å²) in [4.78, 5) is 12.4. The smallest absolute Gasteiger partial charge is 0.307 e. The molecule has 3 aromatic carbocycles. The molecule has 10 heteroatoms. The second-order valence-corrected chi connectivity index (χ2v) is 8.97. The van der Waals surface area contributed by atoms with E-state index in [-0.39, 0.29) is 12.4 Å². The lowest BCUT2D eigenvalue weighted by Crippen LogP contribution is -2.16. The Morgan fingerprint density at radius 1 is 0.971 bits per heavy atom. The molecule has 1 heterocycles. The van der Waals surface area contributed by atoms with Crippen molar-refractivity contribution in [2.24, 2.45) is 5.10 Å². The quantitative estimate of drug-likeness (QED) is 0.179. The number of hydrogen-bond donors (Lipinski definition) is 1. The number of carbonyl (C=O) groups excluding carboxylic acids is 1. The van der Waals surface area contributed by atoms with Gasteiger partial charge >= 0.3 is 5.91 Å². The molecule has 0 bridgehead atoms. The Hall–Kier alpha value is -2.90. The van der Waals surface area contributed by atoms with Crippen molar-refractivity contribution in [3.05, 3.63) is 91.6 Å². The topological polar surface area (TPSA) is 73.1 Å². The summed E-state index contributed by atoms with van der Waals surface area (Å²) in [5, 5.41) is 6.59. The van der Waals surface area contributed by atoms with Crippen LogP contribution in [0.4, 0.5) is 0 Å². The third-order valence-corrected chi connectivity index (χ3v) is 5.90. The number of rotatable bonds is 8. The SMILES string of the molecule is CCOc1cc(/C=N/NC(=O)c2cc3cc(Cl)ccc3o2)cc(Cl)c1OCc1ccc(Cl)cc1Cl. The molecule has 1 N–H and O–H groups in total. The number of ether oxygens (including phenoxy) is 2. The van der Waals surface area contributed by atoms with Crippen molar-refractivity contribution in [2.45, 2.75) is 13.5 Å². The van der Waals surface area contributed by atoms with Gasteiger partial charge in [-0.15, -0.1) is 0 Å². The highest BCUT2D eigenvalue weighted by Gasteiger charge is 2.15. The van der Waals surface area contributed by atoms with Crippen LogP contribution in [0.5, 0.6) is 11.5 Å². The van der Waals surface area contributed by atoms with Crippen molar-refractivity contribution >= 4 is 69.5 Å². The van der Waals surface area contributed by atoms with E-state index in [4.69, 9.17) is 60.3 Å². The molecule has 0 fully saturated rings. The van der Waals surface area contributed by atoms with Gasteiger partial charge in [0.25, 0.3) is 0 Å². The van der Waals surface area contributed by atoms with E-state index in [2.05, 4.69) is 10.5 Å². The zero-order valence-corrected chi connectivity index (χ0v) is 21.3. The number of carbonyl (C=O) groups is 1. The van der Waals surface area contributed by atoms with E-state index in [1.807, 2.05) is 6.92 Å². The molecule has 0 atom stereocenters. The fraction of sp³-hybridized carbons (Fsp3) is 0.120. The van der Waals surface area contributed by atoms with Crippen LogP contribution >= 0.6 is 46.4 Å². The number of nitrogens with zero attached hydrogens (tertiary/aromatic N) is 1. The first-order valence-electron chi connectivity index (χ1n) is 10.4. The maximum absolute atomic E-state index is 12.4. The molecular weight excluding hydrogens is 534 g/mol. The Morgan fingerprint density at radius 3 is 2.51 bits per heavy atom. The minimum Gasteiger partial charge on any atom is -0.490 e. The maximum Gasteiger partial charge on any atom is 0.307 e. The van der Waals surface area contributed by atoms with E-state index in [1.165, 1.54) is 6.21 Å². The highest BCUT2D eigenvalue weighted by Crippen LogP contribution is 2.37.